The van der Waals surface area contributed by atoms with Gasteiger partial charge in [0.25, 0.3) is 0 Å². The number of ether oxygens (including phenoxy) is 1. The van der Waals surface area contributed by atoms with Crippen molar-refractivity contribution in [1.82, 2.24) is 19.7 Å². The van der Waals surface area contributed by atoms with Crippen LogP contribution in [0.15, 0.2) is 71.7 Å². The molecular weight excluding hydrogens is 436 g/mol. The number of nitrogens with zero attached hydrogens (tertiary/aromatic N) is 4. The van der Waals surface area contributed by atoms with E-state index in [4.69, 9.17) is 9.72 Å². The van der Waals surface area contributed by atoms with Crippen molar-refractivity contribution in [3.63, 3.8) is 0 Å². The second-order valence-corrected chi connectivity index (χ2v) is 9.37. The van der Waals surface area contributed by atoms with Crippen molar-refractivity contribution in [1.29, 1.82) is 0 Å². The Morgan fingerprint density at radius 2 is 1.97 bits per heavy atom. The number of hydrogen-bond acceptors (Lipinski definition) is 6. The molecule has 32 heavy (non-hydrogen) atoms. The highest BCUT2D eigenvalue weighted by atomic mass is 32.2. The molecule has 0 spiro atoms. The van der Waals surface area contributed by atoms with Crippen molar-refractivity contribution in [2.24, 2.45) is 0 Å². The molecule has 0 fully saturated rings. The largest absolute Gasteiger partial charge is 0.482 e. The van der Waals surface area contributed by atoms with E-state index in [1.54, 1.807) is 23.1 Å². The van der Waals surface area contributed by atoms with E-state index in [0.717, 1.165) is 44.3 Å². The minimum atomic E-state index is -0.234. The fourth-order valence-electron chi connectivity index (χ4n) is 3.41. The molecule has 0 aliphatic rings. The molecule has 4 rings (SSSR count). The van der Waals surface area contributed by atoms with E-state index in [0.29, 0.717) is 6.54 Å². The first-order valence-corrected chi connectivity index (χ1v) is 12.3. The predicted octanol–water partition coefficient (Wildman–Crippen LogP) is 6.64. The summed E-state index contributed by atoms with van der Waals surface area (Å²) in [5.74, 6) is 2.38. The van der Waals surface area contributed by atoms with E-state index in [1.165, 1.54) is 5.56 Å². The minimum absolute atomic E-state index is 0.234. The van der Waals surface area contributed by atoms with Crippen molar-refractivity contribution < 1.29 is 4.74 Å². The summed E-state index contributed by atoms with van der Waals surface area (Å²) >= 11 is 3.29. The molecule has 5 nitrogen and oxygen atoms in total. The Balaban J connectivity index is 1.48. The SMILES string of the molecule is C=CCn1c(SCc2csc(-c3ccccc3)n2)nnc1C(C)Oc1ccc(C)cc1C. The molecule has 7 heteroatoms. The zero-order valence-electron chi connectivity index (χ0n) is 18.5. The first kappa shape index (κ1) is 22.3. The molecule has 0 aliphatic carbocycles. The van der Waals surface area contributed by atoms with Gasteiger partial charge in [-0.2, -0.15) is 0 Å². The van der Waals surface area contributed by atoms with Gasteiger partial charge in [-0.05, 0) is 32.4 Å². The maximum atomic E-state index is 6.22. The summed E-state index contributed by atoms with van der Waals surface area (Å²) in [7, 11) is 0. The molecule has 0 aliphatic heterocycles. The fourth-order valence-corrected chi connectivity index (χ4v) is 5.19. The summed E-state index contributed by atoms with van der Waals surface area (Å²) in [4.78, 5) is 4.78. The quantitative estimate of drug-likeness (QED) is 0.206. The Bertz CT molecular complexity index is 1200. The first-order valence-electron chi connectivity index (χ1n) is 10.5. The predicted molar refractivity (Wildman–Crippen MR) is 132 cm³/mol. The minimum Gasteiger partial charge on any atom is -0.482 e. The Hall–Kier alpha value is -2.90. The molecule has 0 saturated heterocycles. The van der Waals surface area contributed by atoms with Crippen LogP contribution in [0.25, 0.3) is 10.6 Å². The molecule has 0 N–H and O–H groups in total. The maximum Gasteiger partial charge on any atom is 0.192 e. The molecule has 1 unspecified atom stereocenters. The second-order valence-electron chi connectivity index (χ2n) is 7.57. The van der Waals surface area contributed by atoms with Crippen LogP contribution < -0.4 is 4.74 Å². The van der Waals surface area contributed by atoms with E-state index in [9.17, 15) is 0 Å². The number of aromatic nitrogens is 4. The maximum absolute atomic E-state index is 6.22. The lowest BCUT2D eigenvalue weighted by Crippen LogP contribution is -2.12. The van der Waals surface area contributed by atoms with Crippen molar-refractivity contribution >= 4 is 23.1 Å². The summed E-state index contributed by atoms with van der Waals surface area (Å²) in [6.45, 7) is 10.7. The lowest BCUT2D eigenvalue weighted by atomic mass is 10.1. The number of benzene rings is 2. The summed E-state index contributed by atoms with van der Waals surface area (Å²) in [5.41, 5.74) is 4.50. The summed E-state index contributed by atoms with van der Waals surface area (Å²) in [6, 6.07) is 16.4. The van der Waals surface area contributed by atoms with E-state index >= 15 is 0 Å². The van der Waals surface area contributed by atoms with E-state index < -0.39 is 0 Å². The van der Waals surface area contributed by atoms with Crippen LogP contribution >= 0.6 is 23.1 Å². The molecule has 2 aromatic carbocycles. The lowest BCUT2D eigenvalue weighted by Gasteiger charge is -2.17. The molecule has 1 atom stereocenters. The fraction of sp³-hybridized carbons (Fsp3) is 0.240. The van der Waals surface area contributed by atoms with Crippen LogP contribution in [-0.4, -0.2) is 19.7 Å². The van der Waals surface area contributed by atoms with Crippen molar-refractivity contribution in [2.45, 2.75) is 44.3 Å². The molecule has 0 bridgehead atoms. The standard InChI is InChI=1S/C25H26N4OS2/c1-5-13-29-23(19(4)30-22-12-11-17(2)14-18(22)3)27-28-25(29)32-16-21-15-31-24(26-21)20-9-7-6-8-10-20/h5-12,14-15,19H,1,13,16H2,2-4H3. The zero-order chi connectivity index (χ0) is 22.5. The summed E-state index contributed by atoms with van der Waals surface area (Å²) in [5, 5.41) is 12.9. The van der Waals surface area contributed by atoms with Crippen LogP contribution in [0.5, 0.6) is 5.75 Å². The monoisotopic (exact) mass is 462 g/mol. The van der Waals surface area contributed by atoms with Gasteiger partial charge in [-0.3, -0.25) is 4.57 Å². The van der Waals surface area contributed by atoms with Crippen LogP contribution in [-0.2, 0) is 12.3 Å². The van der Waals surface area contributed by atoms with Crippen molar-refractivity contribution in [3.05, 3.63) is 89.2 Å². The van der Waals surface area contributed by atoms with Crippen LogP contribution in [0.2, 0.25) is 0 Å². The molecule has 0 amide bonds. The number of allylic oxidation sites excluding steroid dienone is 1. The van der Waals surface area contributed by atoms with E-state index in [-0.39, 0.29) is 6.10 Å². The normalized spacial score (nSPS) is 12.0. The van der Waals surface area contributed by atoms with Gasteiger partial charge in [-0.25, -0.2) is 4.98 Å². The van der Waals surface area contributed by atoms with Gasteiger partial charge in [0.15, 0.2) is 17.1 Å². The van der Waals surface area contributed by atoms with Gasteiger partial charge in [-0.1, -0.05) is 65.9 Å². The lowest BCUT2D eigenvalue weighted by molar-refractivity contribution is 0.209. The van der Waals surface area contributed by atoms with Gasteiger partial charge in [-0.15, -0.1) is 28.1 Å². The van der Waals surface area contributed by atoms with Gasteiger partial charge in [0.05, 0.1) is 5.69 Å². The van der Waals surface area contributed by atoms with Gasteiger partial charge in [0.1, 0.15) is 10.8 Å². The van der Waals surface area contributed by atoms with Crippen LogP contribution in [0.1, 0.15) is 35.7 Å². The van der Waals surface area contributed by atoms with Crippen molar-refractivity contribution in [2.75, 3.05) is 0 Å². The highest BCUT2D eigenvalue weighted by Crippen LogP contribution is 2.30. The van der Waals surface area contributed by atoms with Crippen LogP contribution in [0.3, 0.4) is 0 Å². The number of hydrogen-bond donors (Lipinski definition) is 0. The average molecular weight is 463 g/mol. The van der Waals surface area contributed by atoms with E-state index in [1.807, 2.05) is 37.3 Å². The molecule has 0 radical (unpaired) electrons. The van der Waals surface area contributed by atoms with Gasteiger partial charge < -0.3 is 4.74 Å². The van der Waals surface area contributed by atoms with E-state index in [2.05, 4.69) is 64.8 Å². The number of aryl methyl sites for hydroxylation is 2. The highest BCUT2D eigenvalue weighted by Gasteiger charge is 2.20. The molecule has 2 heterocycles. The Morgan fingerprint density at radius 1 is 1.16 bits per heavy atom. The number of thiazole rings is 1. The average Bonchev–Trinajstić information content (AvgIpc) is 3.42. The third kappa shape index (κ3) is 5.11. The summed E-state index contributed by atoms with van der Waals surface area (Å²) < 4.78 is 8.29. The third-order valence-electron chi connectivity index (χ3n) is 4.98. The molecule has 2 aromatic heterocycles. The van der Waals surface area contributed by atoms with Gasteiger partial charge in [0, 0.05) is 23.2 Å². The second kappa shape index (κ2) is 10.1. The summed E-state index contributed by atoms with van der Waals surface area (Å²) in [6.07, 6.45) is 1.62. The molecule has 0 saturated carbocycles. The Kier molecular flexibility index (Phi) is 7.07. The Labute approximate surface area is 197 Å². The first-order chi connectivity index (χ1) is 15.5. The van der Waals surface area contributed by atoms with Crippen molar-refractivity contribution in [3.8, 4) is 16.3 Å². The smallest absolute Gasteiger partial charge is 0.192 e. The molecule has 4 aromatic rings. The van der Waals surface area contributed by atoms with Gasteiger partial charge in [0.2, 0.25) is 0 Å². The number of thioether (sulfide) groups is 1. The van der Waals surface area contributed by atoms with Crippen LogP contribution in [0, 0.1) is 13.8 Å². The third-order valence-corrected chi connectivity index (χ3v) is 6.92. The molecule has 164 valence electrons. The highest BCUT2D eigenvalue weighted by molar-refractivity contribution is 7.98. The molecular formula is C25H26N4OS2. The topological polar surface area (TPSA) is 52.8 Å². The van der Waals surface area contributed by atoms with Crippen LogP contribution in [0.4, 0.5) is 0 Å². The Morgan fingerprint density at radius 3 is 2.72 bits per heavy atom. The number of rotatable bonds is 9. The van der Waals surface area contributed by atoms with Gasteiger partial charge >= 0.3 is 0 Å². The zero-order valence-corrected chi connectivity index (χ0v) is 20.1.